The SMILES string of the molecule is O=C(C=Cc1cc(Br)ccc1F)NC1(CO)CCCC1. The summed E-state index contributed by atoms with van der Waals surface area (Å²) in [5, 5.41) is 12.3. The van der Waals surface area contributed by atoms with Gasteiger partial charge in [0.05, 0.1) is 12.1 Å². The van der Waals surface area contributed by atoms with Gasteiger partial charge in [0.2, 0.25) is 5.91 Å². The molecule has 0 radical (unpaired) electrons. The number of aliphatic hydroxyl groups is 1. The second-order valence-electron chi connectivity index (χ2n) is 5.13. The Morgan fingerprint density at radius 2 is 2.15 bits per heavy atom. The molecule has 2 rings (SSSR count). The predicted octanol–water partition coefficient (Wildman–Crippen LogP) is 3.02. The van der Waals surface area contributed by atoms with Crippen molar-refractivity contribution in [3.63, 3.8) is 0 Å². The van der Waals surface area contributed by atoms with Crippen LogP contribution in [0.15, 0.2) is 28.7 Å². The van der Waals surface area contributed by atoms with Crippen molar-refractivity contribution >= 4 is 27.9 Å². The Hall–Kier alpha value is -1.20. The number of carbonyl (C=O) groups is 1. The van der Waals surface area contributed by atoms with Gasteiger partial charge in [-0.25, -0.2) is 4.39 Å². The van der Waals surface area contributed by atoms with Crippen molar-refractivity contribution in [2.75, 3.05) is 6.61 Å². The monoisotopic (exact) mass is 341 g/mol. The summed E-state index contributed by atoms with van der Waals surface area (Å²) in [6.07, 6.45) is 6.33. The predicted molar refractivity (Wildman–Crippen MR) is 79.6 cm³/mol. The molecule has 5 heteroatoms. The maximum absolute atomic E-state index is 13.5. The number of hydrogen-bond acceptors (Lipinski definition) is 2. The third-order valence-electron chi connectivity index (χ3n) is 3.62. The van der Waals surface area contributed by atoms with Crippen molar-refractivity contribution in [1.29, 1.82) is 0 Å². The van der Waals surface area contributed by atoms with Gasteiger partial charge in [-0.3, -0.25) is 4.79 Å². The highest BCUT2D eigenvalue weighted by Gasteiger charge is 2.33. The lowest BCUT2D eigenvalue weighted by molar-refractivity contribution is -0.118. The van der Waals surface area contributed by atoms with E-state index in [0.717, 1.165) is 30.2 Å². The smallest absolute Gasteiger partial charge is 0.244 e. The number of amides is 1. The normalized spacial score (nSPS) is 17.6. The molecule has 0 aromatic heterocycles. The number of aliphatic hydroxyl groups excluding tert-OH is 1. The molecule has 1 aliphatic carbocycles. The van der Waals surface area contributed by atoms with Crippen LogP contribution < -0.4 is 5.32 Å². The Morgan fingerprint density at radius 1 is 1.45 bits per heavy atom. The average Bonchev–Trinajstić information content (AvgIpc) is 2.89. The van der Waals surface area contributed by atoms with Crippen LogP contribution in [0.3, 0.4) is 0 Å². The minimum atomic E-state index is -0.503. The van der Waals surface area contributed by atoms with Crippen LogP contribution in [-0.2, 0) is 4.79 Å². The fourth-order valence-electron chi connectivity index (χ4n) is 2.49. The standard InChI is InChI=1S/C15H17BrFNO2/c16-12-4-5-13(17)11(9-12)3-6-14(20)18-15(10-19)7-1-2-8-15/h3-6,9,19H,1-2,7-8,10H2,(H,18,20). The van der Waals surface area contributed by atoms with Gasteiger partial charge in [-0.15, -0.1) is 0 Å². The highest BCUT2D eigenvalue weighted by Crippen LogP contribution is 2.29. The Kier molecular flexibility index (Phi) is 4.94. The van der Waals surface area contributed by atoms with Crippen molar-refractivity contribution in [3.05, 3.63) is 40.1 Å². The Morgan fingerprint density at radius 3 is 2.80 bits per heavy atom. The van der Waals surface area contributed by atoms with E-state index in [9.17, 15) is 14.3 Å². The number of nitrogens with one attached hydrogen (secondary N) is 1. The first-order valence-corrected chi connectivity index (χ1v) is 7.40. The van der Waals surface area contributed by atoms with E-state index < -0.39 is 5.54 Å². The first kappa shape index (κ1) is 15.2. The molecule has 3 nitrogen and oxygen atoms in total. The van der Waals surface area contributed by atoms with Crippen LogP contribution in [0.2, 0.25) is 0 Å². The lowest BCUT2D eigenvalue weighted by atomic mass is 9.99. The van der Waals surface area contributed by atoms with Gasteiger partial charge in [0.25, 0.3) is 0 Å². The van der Waals surface area contributed by atoms with Gasteiger partial charge >= 0.3 is 0 Å². The second kappa shape index (κ2) is 6.50. The minimum absolute atomic E-state index is 0.0577. The number of benzene rings is 1. The zero-order valence-corrected chi connectivity index (χ0v) is 12.6. The minimum Gasteiger partial charge on any atom is -0.394 e. The maximum Gasteiger partial charge on any atom is 0.244 e. The van der Waals surface area contributed by atoms with E-state index in [0.29, 0.717) is 5.56 Å². The van der Waals surface area contributed by atoms with E-state index in [1.54, 1.807) is 12.1 Å². The lowest BCUT2D eigenvalue weighted by Gasteiger charge is -2.27. The fourth-order valence-corrected chi connectivity index (χ4v) is 2.86. The largest absolute Gasteiger partial charge is 0.394 e. The summed E-state index contributed by atoms with van der Waals surface area (Å²) >= 11 is 3.26. The van der Waals surface area contributed by atoms with Crippen LogP contribution in [0.5, 0.6) is 0 Å². The molecule has 0 bridgehead atoms. The van der Waals surface area contributed by atoms with Crippen molar-refractivity contribution in [3.8, 4) is 0 Å². The summed E-state index contributed by atoms with van der Waals surface area (Å²) in [5.74, 6) is -0.685. The molecule has 1 aromatic rings. The van der Waals surface area contributed by atoms with Crippen LogP contribution in [0.25, 0.3) is 6.08 Å². The summed E-state index contributed by atoms with van der Waals surface area (Å²) in [4.78, 5) is 11.9. The van der Waals surface area contributed by atoms with E-state index in [1.165, 1.54) is 18.2 Å². The van der Waals surface area contributed by atoms with Crippen LogP contribution >= 0.6 is 15.9 Å². The fraction of sp³-hybridized carbons (Fsp3) is 0.400. The van der Waals surface area contributed by atoms with Crippen molar-refractivity contribution in [1.82, 2.24) is 5.32 Å². The number of hydrogen-bond donors (Lipinski definition) is 2. The highest BCUT2D eigenvalue weighted by molar-refractivity contribution is 9.10. The molecular formula is C15H17BrFNO2. The topological polar surface area (TPSA) is 49.3 Å². The summed E-state index contributed by atoms with van der Waals surface area (Å²) < 4.78 is 14.3. The number of carbonyl (C=O) groups excluding carboxylic acids is 1. The van der Waals surface area contributed by atoms with Gasteiger partial charge in [0.1, 0.15) is 5.82 Å². The molecule has 1 saturated carbocycles. The van der Waals surface area contributed by atoms with Gasteiger partial charge in [-0.2, -0.15) is 0 Å². The lowest BCUT2D eigenvalue weighted by Crippen LogP contribution is -2.48. The maximum atomic E-state index is 13.5. The molecule has 1 aliphatic rings. The third-order valence-corrected chi connectivity index (χ3v) is 4.12. The average molecular weight is 342 g/mol. The van der Waals surface area contributed by atoms with Crippen molar-refractivity contribution in [2.45, 2.75) is 31.2 Å². The second-order valence-corrected chi connectivity index (χ2v) is 6.05. The molecule has 0 aliphatic heterocycles. The van der Waals surface area contributed by atoms with Crippen molar-refractivity contribution < 1.29 is 14.3 Å². The van der Waals surface area contributed by atoms with E-state index in [4.69, 9.17) is 0 Å². The van der Waals surface area contributed by atoms with Gasteiger partial charge in [0, 0.05) is 16.1 Å². The van der Waals surface area contributed by atoms with Crippen LogP contribution in [0.1, 0.15) is 31.2 Å². The van der Waals surface area contributed by atoms with Crippen LogP contribution in [0, 0.1) is 5.82 Å². The van der Waals surface area contributed by atoms with Gasteiger partial charge in [-0.05, 0) is 37.1 Å². The van der Waals surface area contributed by atoms with Crippen LogP contribution in [-0.4, -0.2) is 23.2 Å². The zero-order chi connectivity index (χ0) is 14.6. The summed E-state index contributed by atoms with van der Waals surface area (Å²) in [6, 6.07) is 4.55. The molecule has 108 valence electrons. The van der Waals surface area contributed by atoms with Gasteiger partial charge in [0.15, 0.2) is 0 Å². The molecule has 1 amide bonds. The first-order chi connectivity index (χ1) is 9.54. The Labute approximate surface area is 126 Å². The van der Waals surface area contributed by atoms with Gasteiger partial charge < -0.3 is 10.4 Å². The van der Waals surface area contributed by atoms with Crippen molar-refractivity contribution in [2.24, 2.45) is 0 Å². The Bertz CT molecular complexity index is 525. The number of halogens is 2. The molecule has 0 spiro atoms. The highest BCUT2D eigenvalue weighted by atomic mass is 79.9. The van der Waals surface area contributed by atoms with Gasteiger partial charge in [-0.1, -0.05) is 28.8 Å². The molecule has 2 N–H and O–H groups in total. The van der Waals surface area contributed by atoms with E-state index in [1.807, 2.05) is 0 Å². The zero-order valence-electron chi connectivity index (χ0n) is 11.0. The quantitative estimate of drug-likeness (QED) is 0.827. The van der Waals surface area contributed by atoms with E-state index in [-0.39, 0.29) is 18.3 Å². The third kappa shape index (κ3) is 3.67. The van der Waals surface area contributed by atoms with E-state index >= 15 is 0 Å². The number of rotatable bonds is 4. The first-order valence-electron chi connectivity index (χ1n) is 6.61. The van der Waals surface area contributed by atoms with Crippen LogP contribution in [0.4, 0.5) is 4.39 Å². The molecule has 0 atom stereocenters. The summed E-state index contributed by atoms with van der Waals surface area (Å²) in [5.41, 5.74) is -0.156. The molecule has 20 heavy (non-hydrogen) atoms. The summed E-state index contributed by atoms with van der Waals surface area (Å²) in [6.45, 7) is -0.0577. The molecule has 0 unspecified atom stereocenters. The molecule has 0 saturated heterocycles. The molecule has 1 aromatic carbocycles. The molecular weight excluding hydrogens is 325 g/mol. The summed E-state index contributed by atoms with van der Waals surface area (Å²) in [7, 11) is 0. The van der Waals surface area contributed by atoms with E-state index in [2.05, 4.69) is 21.2 Å². The molecule has 0 heterocycles. The molecule has 1 fully saturated rings. The Balaban J connectivity index is 2.03.